The van der Waals surface area contributed by atoms with Crippen molar-refractivity contribution in [2.75, 3.05) is 16.8 Å². The molecule has 24 heavy (non-hydrogen) atoms. The van der Waals surface area contributed by atoms with Crippen LogP contribution in [0.1, 0.15) is 24.2 Å². The lowest BCUT2D eigenvalue weighted by molar-refractivity contribution is -0.120. The van der Waals surface area contributed by atoms with Crippen molar-refractivity contribution in [3.8, 4) is 0 Å². The van der Waals surface area contributed by atoms with Gasteiger partial charge < -0.3 is 10.2 Å². The van der Waals surface area contributed by atoms with Crippen LogP contribution in [0.25, 0.3) is 0 Å². The van der Waals surface area contributed by atoms with Gasteiger partial charge in [-0.25, -0.2) is 0 Å². The van der Waals surface area contributed by atoms with Crippen LogP contribution in [0.3, 0.4) is 0 Å². The van der Waals surface area contributed by atoms with E-state index in [1.165, 1.54) is 18.7 Å². The summed E-state index contributed by atoms with van der Waals surface area (Å²) in [7, 11) is 0. The average Bonchev–Trinajstić information content (AvgIpc) is 2.53. The Morgan fingerprint density at radius 1 is 1.04 bits per heavy atom. The molecule has 2 rings (SSSR count). The van der Waals surface area contributed by atoms with E-state index in [1.54, 1.807) is 48.5 Å². The number of ketones is 1. The van der Waals surface area contributed by atoms with Crippen LogP contribution in [0.5, 0.6) is 0 Å². The van der Waals surface area contributed by atoms with Crippen molar-refractivity contribution in [3.63, 3.8) is 0 Å². The molecule has 0 bridgehead atoms. The number of rotatable bonds is 5. The highest BCUT2D eigenvalue weighted by molar-refractivity contribution is 6.30. The summed E-state index contributed by atoms with van der Waals surface area (Å²) in [6.45, 7) is 2.71. The maximum Gasteiger partial charge on any atom is 0.244 e. The number of Topliss-reactive ketones (excluding diaryl/α,β-unsaturated/α-hetero) is 1. The summed E-state index contributed by atoms with van der Waals surface area (Å²) in [5.74, 6) is -0.705. The largest absolute Gasteiger partial charge is 0.325 e. The molecule has 5 nitrogen and oxygen atoms in total. The zero-order chi connectivity index (χ0) is 17.7. The molecule has 0 aliphatic heterocycles. The fourth-order valence-corrected chi connectivity index (χ4v) is 2.29. The number of halogens is 1. The summed E-state index contributed by atoms with van der Waals surface area (Å²) in [6, 6.07) is 13.3. The molecule has 1 N–H and O–H groups in total. The van der Waals surface area contributed by atoms with Crippen molar-refractivity contribution in [3.05, 3.63) is 59.1 Å². The molecule has 0 aliphatic rings. The second-order valence-corrected chi connectivity index (χ2v) is 5.70. The normalized spacial score (nSPS) is 10.1. The van der Waals surface area contributed by atoms with E-state index in [0.29, 0.717) is 22.0 Å². The summed E-state index contributed by atoms with van der Waals surface area (Å²) in [5, 5.41) is 3.24. The monoisotopic (exact) mass is 344 g/mol. The van der Waals surface area contributed by atoms with Crippen molar-refractivity contribution < 1.29 is 14.4 Å². The standard InChI is InChI=1S/C18H17ClN2O3/c1-12(22)14-4-3-5-16(10-14)20-18(24)11-21(13(2)23)17-8-6-15(19)7-9-17/h3-10H,11H2,1-2H3,(H,20,24). The summed E-state index contributed by atoms with van der Waals surface area (Å²) in [5.41, 5.74) is 1.60. The maximum atomic E-state index is 12.2. The minimum atomic E-state index is -0.360. The fraction of sp³-hybridized carbons (Fsp3) is 0.167. The van der Waals surface area contributed by atoms with Gasteiger partial charge in [0.2, 0.25) is 11.8 Å². The van der Waals surface area contributed by atoms with E-state index in [4.69, 9.17) is 11.6 Å². The molecule has 0 saturated heterocycles. The van der Waals surface area contributed by atoms with E-state index < -0.39 is 0 Å². The Kier molecular flexibility index (Phi) is 5.71. The molecule has 124 valence electrons. The smallest absolute Gasteiger partial charge is 0.244 e. The second kappa shape index (κ2) is 7.75. The van der Waals surface area contributed by atoms with E-state index in [1.807, 2.05) is 0 Å². The van der Waals surface area contributed by atoms with E-state index >= 15 is 0 Å². The Bertz CT molecular complexity index is 772. The molecule has 0 unspecified atom stereocenters. The van der Waals surface area contributed by atoms with Crippen LogP contribution in [0.4, 0.5) is 11.4 Å². The molecule has 0 saturated carbocycles. The van der Waals surface area contributed by atoms with Crippen molar-refractivity contribution in [1.82, 2.24) is 0 Å². The zero-order valence-corrected chi connectivity index (χ0v) is 14.1. The molecular weight excluding hydrogens is 328 g/mol. The van der Waals surface area contributed by atoms with E-state index in [2.05, 4.69) is 5.32 Å². The van der Waals surface area contributed by atoms with Crippen LogP contribution in [-0.4, -0.2) is 24.1 Å². The van der Waals surface area contributed by atoms with Crippen molar-refractivity contribution in [2.45, 2.75) is 13.8 Å². The van der Waals surface area contributed by atoms with Gasteiger partial charge in [0.15, 0.2) is 5.78 Å². The lowest BCUT2D eigenvalue weighted by Gasteiger charge is -2.20. The molecule has 0 fully saturated rings. The van der Waals surface area contributed by atoms with Gasteiger partial charge in [0.1, 0.15) is 6.54 Å². The fourth-order valence-electron chi connectivity index (χ4n) is 2.17. The number of anilines is 2. The van der Waals surface area contributed by atoms with E-state index in [9.17, 15) is 14.4 Å². The lowest BCUT2D eigenvalue weighted by atomic mass is 10.1. The number of hydrogen-bond donors (Lipinski definition) is 1. The third kappa shape index (κ3) is 4.67. The molecule has 2 aromatic rings. The summed E-state index contributed by atoms with van der Waals surface area (Å²) >= 11 is 5.84. The predicted molar refractivity (Wildman–Crippen MR) is 94.6 cm³/mol. The Balaban J connectivity index is 2.11. The van der Waals surface area contributed by atoms with Gasteiger partial charge in [-0.2, -0.15) is 0 Å². The molecule has 6 heteroatoms. The molecule has 0 heterocycles. The molecule has 2 aromatic carbocycles. The summed E-state index contributed by atoms with van der Waals surface area (Å²) in [4.78, 5) is 36.8. The average molecular weight is 345 g/mol. The first-order chi connectivity index (χ1) is 11.4. The zero-order valence-electron chi connectivity index (χ0n) is 13.4. The number of carbonyl (C=O) groups excluding carboxylic acids is 3. The SMILES string of the molecule is CC(=O)c1cccc(NC(=O)CN(C(C)=O)c2ccc(Cl)cc2)c1. The van der Waals surface area contributed by atoms with Crippen LogP contribution >= 0.6 is 11.6 Å². The van der Waals surface area contributed by atoms with Gasteiger partial charge in [-0.05, 0) is 43.3 Å². The molecule has 0 aliphatic carbocycles. The Hall–Kier alpha value is -2.66. The molecule has 0 aromatic heterocycles. The van der Waals surface area contributed by atoms with Gasteiger partial charge in [-0.1, -0.05) is 23.7 Å². The van der Waals surface area contributed by atoms with Gasteiger partial charge in [0.05, 0.1) is 0 Å². The first-order valence-electron chi connectivity index (χ1n) is 7.31. The quantitative estimate of drug-likeness (QED) is 0.844. The minimum absolute atomic E-state index is 0.0855. The summed E-state index contributed by atoms with van der Waals surface area (Å²) in [6.07, 6.45) is 0. The molecule has 0 atom stereocenters. The van der Waals surface area contributed by atoms with Crippen molar-refractivity contribution in [1.29, 1.82) is 0 Å². The maximum absolute atomic E-state index is 12.2. The second-order valence-electron chi connectivity index (χ2n) is 5.27. The number of benzene rings is 2. The highest BCUT2D eigenvalue weighted by atomic mass is 35.5. The lowest BCUT2D eigenvalue weighted by Crippen LogP contribution is -2.36. The molecular formula is C18H17ClN2O3. The topological polar surface area (TPSA) is 66.5 Å². The number of nitrogens with one attached hydrogen (secondary N) is 1. The van der Waals surface area contributed by atoms with Crippen molar-refractivity contribution in [2.24, 2.45) is 0 Å². The van der Waals surface area contributed by atoms with Crippen LogP contribution in [0.2, 0.25) is 5.02 Å². The highest BCUT2D eigenvalue weighted by Crippen LogP contribution is 2.18. The van der Waals surface area contributed by atoms with Crippen LogP contribution < -0.4 is 10.2 Å². The van der Waals surface area contributed by atoms with Crippen LogP contribution in [0.15, 0.2) is 48.5 Å². The summed E-state index contributed by atoms with van der Waals surface area (Å²) < 4.78 is 0. The van der Waals surface area contributed by atoms with Gasteiger partial charge in [-0.15, -0.1) is 0 Å². The molecule has 2 amide bonds. The van der Waals surface area contributed by atoms with Gasteiger partial charge in [0, 0.05) is 28.9 Å². The first kappa shape index (κ1) is 17.7. The Morgan fingerprint density at radius 3 is 2.29 bits per heavy atom. The van der Waals surface area contributed by atoms with E-state index in [0.717, 1.165) is 0 Å². The van der Waals surface area contributed by atoms with Gasteiger partial charge in [-0.3, -0.25) is 14.4 Å². The van der Waals surface area contributed by atoms with E-state index in [-0.39, 0.29) is 24.1 Å². The van der Waals surface area contributed by atoms with Gasteiger partial charge in [0.25, 0.3) is 0 Å². The third-order valence-electron chi connectivity index (χ3n) is 3.37. The Labute approximate surface area is 145 Å². The third-order valence-corrected chi connectivity index (χ3v) is 3.62. The first-order valence-corrected chi connectivity index (χ1v) is 7.69. The number of hydrogen-bond acceptors (Lipinski definition) is 3. The number of carbonyl (C=O) groups is 3. The number of nitrogens with zero attached hydrogens (tertiary/aromatic N) is 1. The highest BCUT2D eigenvalue weighted by Gasteiger charge is 2.16. The molecule has 0 radical (unpaired) electrons. The number of amides is 2. The van der Waals surface area contributed by atoms with Crippen molar-refractivity contribution >= 4 is 40.6 Å². The predicted octanol–water partition coefficient (Wildman–Crippen LogP) is 3.53. The minimum Gasteiger partial charge on any atom is -0.325 e. The van der Waals surface area contributed by atoms with Crippen LogP contribution in [0, 0.1) is 0 Å². The van der Waals surface area contributed by atoms with Gasteiger partial charge >= 0.3 is 0 Å². The molecule has 0 spiro atoms. The van der Waals surface area contributed by atoms with Crippen LogP contribution in [-0.2, 0) is 9.59 Å². The Morgan fingerprint density at radius 2 is 1.71 bits per heavy atom.